The molecule has 1 fully saturated rings. The molecule has 1 aliphatic heterocycles. The first-order chi connectivity index (χ1) is 11.2. The molecule has 0 aromatic heterocycles. The Balaban J connectivity index is 1.86. The summed E-state index contributed by atoms with van der Waals surface area (Å²) in [7, 11) is 0. The van der Waals surface area contributed by atoms with Gasteiger partial charge in [0.1, 0.15) is 0 Å². The maximum absolute atomic E-state index is 11.5. The minimum atomic E-state index is -0.316. The average Bonchev–Trinajstić information content (AvgIpc) is 3.02. The Bertz CT molecular complexity index is 708. The van der Waals surface area contributed by atoms with Crippen LogP contribution in [0.25, 0.3) is 0 Å². The lowest BCUT2D eigenvalue weighted by molar-refractivity contribution is -0.412. The Morgan fingerprint density at radius 1 is 1.04 bits per heavy atom. The van der Waals surface area contributed by atoms with Gasteiger partial charge in [0, 0.05) is 22.9 Å². The number of nitro groups is 1. The van der Waals surface area contributed by atoms with Gasteiger partial charge < -0.3 is 5.32 Å². The van der Waals surface area contributed by atoms with Crippen LogP contribution in [0.1, 0.15) is 0 Å². The fraction of sp³-hybridized carbons (Fsp3) is 0.125. The molecule has 2 aromatic carbocycles. The maximum atomic E-state index is 11.5. The highest BCUT2D eigenvalue weighted by Gasteiger charge is 2.29. The molecule has 0 radical (unpaired) electrons. The van der Waals surface area contributed by atoms with E-state index in [1.165, 1.54) is 23.7 Å². The molecule has 2 aromatic rings. The summed E-state index contributed by atoms with van der Waals surface area (Å²) in [5, 5.41) is 14.8. The minimum Gasteiger partial charge on any atom is -0.363 e. The van der Waals surface area contributed by atoms with Gasteiger partial charge in [-0.2, -0.15) is 0 Å². The van der Waals surface area contributed by atoms with E-state index in [1.54, 1.807) is 0 Å². The molecule has 0 aliphatic carbocycles. The van der Waals surface area contributed by atoms with Gasteiger partial charge in [-0.25, -0.2) is 0 Å². The fourth-order valence-electron chi connectivity index (χ4n) is 2.13. The smallest absolute Gasteiger partial charge is 0.348 e. The van der Waals surface area contributed by atoms with Gasteiger partial charge in [-0.3, -0.25) is 14.4 Å². The van der Waals surface area contributed by atoms with Crippen molar-refractivity contribution in [3.05, 3.63) is 81.6 Å². The molecule has 0 spiro atoms. The molecule has 7 heteroatoms. The van der Waals surface area contributed by atoms with Crippen molar-refractivity contribution in [3.8, 4) is 0 Å². The second-order valence-corrected chi connectivity index (χ2v) is 6.92. The molecule has 1 N–H and O–H groups in total. The third-order valence-corrected chi connectivity index (χ3v) is 5.25. The van der Waals surface area contributed by atoms with Crippen molar-refractivity contribution in [2.24, 2.45) is 0 Å². The fourth-order valence-corrected chi connectivity index (χ4v) is 4.02. The highest BCUT2D eigenvalue weighted by atomic mass is 32.2. The van der Waals surface area contributed by atoms with Crippen LogP contribution in [0.2, 0.25) is 0 Å². The van der Waals surface area contributed by atoms with Gasteiger partial charge >= 0.3 is 5.03 Å². The van der Waals surface area contributed by atoms with Crippen LogP contribution in [0, 0.1) is 10.1 Å². The summed E-state index contributed by atoms with van der Waals surface area (Å²) in [5.74, 6) is 0.567. The van der Waals surface area contributed by atoms with Crippen LogP contribution in [-0.2, 0) is 0 Å². The molecule has 0 atom stereocenters. The van der Waals surface area contributed by atoms with Crippen molar-refractivity contribution in [2.75, 3.05) is 13.1 Å². The zero-order valence-electron chi connectivity index (χ0n) is 12.2. The quantitative estimate of drug-likeness (QED) is 0.385. The first kappa shape index (κ1) is 15.8. The number of nitrogens with zero attached hydrogens (tertiary/aromatic N) is 2. The summed E-state index contributed by atoms with van der Waals surface area (Å²) < 4.78 is 1.95. The first-order valence-corrected chi connectivity index (χ1v) is 8.69. The number of nitrogens with one attached hydrogen (secondary N) is 1. The average molecular weight is 345 g/mol. The lowest BCUT2D eigenvalue weighted by Gasteiger charge is -2.17. The van der Waals surface area contributed by atoms with Gasteiger partial charge in [0.15, 0.2) is 5.82 Å². The zero-order chi connectivity index (χ0) is 16.1. The number of hydrogen-bond acceptors (Lipinski definition) is 6. The summed E-state index contributed by atoms with van der Waals surface area (Å²) >= 11 is 2.68. The highest BCUT2D eigenvalue weighted by Crippen LogP contribution is 2.35. The Morgan fingerprint density at radius 2 is 1.65 bits per heavy atom. The summed E-state index contributed by atoms with van der Waals surface area (Å²) in [4.78, 5) is 13.1. The summed E-state index contributed by atoms with van der Waals surface area (Å²) in [6.07, 6.45) is 0. The third kappa shape index (κ3) is 4.00. The van der Waals surface area contributed by atoms with Crippen LogP contribution < -0.4 is 5.32 Å². The highest BCUT2D eigenvalue weighted by molar-refractivity contribution is 8.03. The zero-order valence-corrected chi connectivity index (χ0v) is 13.8. The monoisotopic (exact) mass is 345 g/mol. The van der Waals surface area contributed by atoms with Crippen LogP contribution in [0.5, 0.6) is 0 Å². The van der Waals surface area contributed by atoms with E-state index in [-0.39, 0.29) is 9.95 Å². The van der Waals surface area contributed by atoms with Crippen molar-refractivity contribution < 1.29 is 4.92 Å². The van der Waals surface area contributed by atoms with Crippen LogP contribution in [0.4, 0.5) is 0 Å². The molecule has 0 bridgehead atoms. The van der Waals surface area contributed by atoms with Gasteiger partial charge in [0.25, 0.3) is 0 Å². The van der Waals surface area contributed by atoms with Crippen molar-refractivity contribution in [1.82, 2.24) is 9.62 Å². The minimum absolute atomic E-state index is 0.122. The van der Waals surface area contributed by atoms with E-state index in [0.29, 0.717) is 12.4 Å². The molecule has 1 saturated heterocycles. The molecule has 1 heterocycles. The third-order valence-electron chi connectivity index (χ3n) is 3.14. The number of rotatable bonds is 5. The van der Waals surface area contributed by atoms with Crippen molar-refractivity contribution >= 4 is 23.7 Å². The van der Waals surface area contributed by atoms with Gasteiger partial charge in [-0.15, -0.1) is 0 Å². The predicted molar refractivity (Wildman–Crippen MR) is 93.3 cm³/mol. The van der Waals surface area contributed by atoms with E-state index in [9.17, 15) is 10.1 Å². The molecule has 0 amide bonds. The second-order valence-electron chi connectivity index (χ2n) is 4.76. The van der Waals surface area contributed by atoms with Crippen LogP contribution in [-0.4, -0.2) is 22.3 Å². The molecule has 0 saturated carbocycles. The van der Waals surface area contributed by atoms with Crippen LogP contribution >= 0.6 is 23.7 Å². The molecular weight excluding hydrogens is 330 g/mol. The predicted octanol–water partition coefficient (Wildman–Crippen LogP) is 3.79. The summed E-state index contributed by atoms with van der Waals surface area (Å²) in [5.41, 5.74) is 0. The lowest BCUT2D eigenvalue weighted by atomic mass is 10.4. The SMILES string of the molecule is O=[N+]([O-])C(Sc1ccccc1)=C1NCCN1Sc1ccccc1. The van der Waals surface area contributed by atoms with Gasteiger partial charge in [-0.05, 0) is 48.0 Å². The number of benzene rings is 2. The molecule has 1 aliphatic rings. The van der Waals surface area contributed by atoms with E-state index in [1.807, 2.05) is 65.0 Å². The molecule has 5 nitrogen and oxygen atoms in total. The topological polar surface area (TPSA) is 58.4 Å². The van der Waals surface area contributed by atoms with Crippen molar-refractivity contribution in [2.45, 2.75) is 9.79 Å². The normalized spacial score (nSPS) is 16.1. The molecule has 0 unspecified atom stereocenters. The van der Waals surface area contributed by atoms with Crippen LogP contribution in [0.15, 0.2) is 81.3 Å². The Morgan fingerprint density at radius 3 is 2.26 bits per heavy atom. The Hall–Kier alpha value is -2.12. The van der Waals surface area contributed by atoms with Gasteiger partial charge in [0.05, 0.1) is 4.92 Å². The largest absolute Gasteiger partial charge is 0.363 e. The second kappa shape index (κ2) is 7.43. The van der Waals surface area contributed by atoms with E-state index in [0.717, 1.165) is 16.3 Å². The molecule has 118 valence electrons. The van der Waals surface area contributed by atoms with Gasteiger partial charge in [0.2, 0.25) is 0 Å². The summed E-state index contributed by atoms with van der Waals surface area (Å²) in [6.45, 7) is 1.42. The lowest BCUT2D eigenvalue weighted by Crippen LogP contribution is -2.17. The molecular formula is C16H15N3O2S2. The maximum Gasteiger partial charge on any atom is 0.348 e. The number of thioether (sulfide) groups is 1. The standard InChI is InChI=1S/C16H15N3O2S2/c20-19(21)16(22-13-7-3-1-4-8-13)15-17-11-12-18(15)23-14-9-5-2-6-10-14/h1-10,17H,11-12H2. The van der Waals surface area contributed by atoms with E-state index in [2.05, 4.69) is 5.32 Å². The van der Waals surface area contributed by atoms with Gasteiger partial charge in [-0.1, -0.05) is 36.4 Å². The molecule has 23 heavy (non-hydrogen) atoms. The summed E-state index contributed by atoms with van der Waals surface area (Å²) in [6, 6.07) is 19.3. The Kier molecular flexibility index (Phi) is 5.09. The first-order valence-electron chi connectivity index (χ1n) is 7.10. The Labute approximate surface area is 143 Å². The van der Waals surface area contributed by atoms with E-state index < -0.39 is 0 Å². The van der Waals surface area contributed by atoms with Crippen LogP contribution in [0.3, 0.4) is 0 Å². The van der Waals surface area contributed by atoms with E-state index in [4.69, 9.17) is 0 Å². The van der Waals surface area contributed by atoms with Crippen molar-refractivity contribution in [3.63, 3.8) is 0 Å². The molecule has 3 rings (SSSR count). The van der Waals surface area contributed by atoms with Crippen molar-refractivity contribution in [1.29, 1.82) is 0 Å². The van der Waals surface area contributed by atoms with E-state index >= 15 is 0 Å². The number of hydrogen-bond donors (Lipinski definition) is 1.